The minimum absolute atomic E-state index is 0.252. The maximum atomic E-state index is 11.2. The van der Waals surface area contributed by atoms with E-state index in [0.717, 1.165) is 19.3 Å². The molecule has 0 N–H and O–H groups in total. The third-order valence-electron chi connectivity index (χ3n) is 1.56. The van der Waals surface area contributed by atoms with Crippen LogP contribution in [-0.4, -0.2) is 12.6 Å². The fraction of sp³-hybridized carbons (Fsp3) is 0.636. The lowest BCUT2D eigenvalue weighted by atomic mass is 10.3. The molecule has 0 aromatic carbocycles. The first kappa shape index (κ1) is 12.0. The summed E-state index contributed by atoms with van der Waals surface area (Å²) >= 11 is 0. The molecule has 0 heterocycles. The topological polar surface area (TPSA) is 26.3 Å². The normalized spacial score (nSPS) is 8.85. The Hall–Kier alpha value is -1.01. The maximum Gasteiger partial charge on any atom is 0.341 e. The fourth-order valence-electron chi connectivity index (χ4n) is 0.732. The van der Waals surface area contributed by atoms with Gasteiger partial charge in [0.25, 0.3) is 0 Å². The van der Waals surface area contributed by atoms with Gasteiger partial charge in [0.1, 0.15) is 0 Å². The third kappa shape index (κ3) is 6.18. The predicted octanol–water partition coefficient (Wildman–Crippen LogP) is 2.84. The van der Waals surface area contributed by atoms with E-state index in [1.54, 1.807) is 6.92 Å². The molecule has 0 spiro atoms. The smallest absolute Gasteiger partial charge is 0.341 e. The second-order valence-electron chi connectivity index (χ2n) is 2.87. The first-order valence-corrected chi connectivity index (χ1v) is 4.81. The van der Waals surface area contributed by atoms with Crippen LogP contribution in [0.15, 0.2) is 17.4 Å². The molecular weight excluding hydrogens is 164 g/mol. The second kappa shape index (κ2) is 7.63. The van der Waals surface area contributed by atoms with Gasteiger partial charge in [0.2, 0.25) is 0 Å². The van der Waals surface area contributed by atoms with Crippen LogP contribution in [0.5, 0.6) is 0 Å². The second-order valence-corrected chi connectivity index (χ2v) is 2.87. The average molecular weight is 182 g/mol. The molecule has 0 aromatic heterocycles. The molecular formula is C11H18O2. The van der Waals surface area contributed by atoms with Crippen molar-refractivity contribution in [1.82, 2.24) is 0 Å². The highest BCUT2D eigenvalue weighted by atomic mass is 16.5. The van der Waals surface area contributed by atoms with E-state index in [0.29, 0.717) is 12.2 Å². The summed E-state index contributed by atoms with van der Waals surface area (Å²) in [6.07, 6.45) is 4.69. The molecule has 0 aliphatic rings. The minimum atomic E-state index is -0.252. The van der Waals surface area contributed by atoms with Crippen molar-refractivity contribution in [3.63, 3.8) is 0 Å². The quantitative estimate of drug-likeness (QED) is 0.283. The van der Waals surface area contributed by atoms with E-state index < -0.39 is 0 Å². The van der Waals surface area contributed by atoms with Gasteiger partial charge < -0.3 is 4.74 Å². The van der Waals surface area contributed by atoms with Crippen molar-refractivity contribution in [3.05, 3.63) is 17.4 Å². The molecule has 2 heteroatoms. The van der Waals surface area contributed by atoms with Crippen LogP contribution in [0.25, 0.3) is 0 Å². The molecule has 2 nitrogen and oxygen atoms in total. The number of esters is 1. The number of unbranched alkanes of at least 4 members (excludes halogenated alkanes) is 1. The van der Waals surface area contributed by atoms with E-state index in [-0.39, 0.29) is 5.97 Å². The molecule has 0 aliphatic heterocycles. The van der Waals surface area contributed by atoms with E-state index in [1.807, 2.05) is 13.0 Å². The van der Waals surface area contributed by atoms with Crippen LogP contribution in [0.3, 0.4) is 0 Å². The van der Waals surface area contributed by atoms with Crippen molar-refractivity contribution in [3.8, 4) is 0 Å². The summed E-state index contributed by atoms with van der Waals surface area (Å²) in [5, 5.41) is 0. The SMILES string of the molecule is CCC=C=C(C)C(=O)OCCCC. The molecule has 0 aliphatic carbocycles. The van der Waals surface area contributed by atoms with Crippen molar-refractivity contribution in [1.29, 1.82) is 0 Å². The van der Waals surface area contributed by atoms with E-state index >= 15 is 0 Å². The summed E-state index contributed by atoms with van der Waals surface area (Å²) in [4.78, 5) is 11.2. The predicted molar refractivity (Wildman–Crippen MR) is 53.4 cm³/mol. The molecule has 0 amide bonds. The number of rotatable bonds is 5. The Morgan fingerprint density at radius 1 is 1.46 bits per heavy atom. The Kier molecular flexibility index (Phi) is 7.04. The molecule has 0 saturated heterocycles. The van der Waals surface area contributed by atoms with E-state index in [2.05, 4.69) is 12.7 Å². The molecule has 0 bridgehead atoms. The van der Waals surface area contributed by atoms with Crippen LogP contribution in [0.1, 0.15) is 40.0 Å². The Labute approximate surface area is 80.3 Å². The van der Waals surface area contributed by atoms with Crippen molar-refractivity contribution in [2.45, 2.75) is 40.0 Å². The zero-order valence-electron chi connectivity index (χ0n) is 8.72. The Balaban J connectivity index is 3.90. The van der Waals surface area contributed by atoms with Gasteiger partial charge in [-0.25, -0.2) is 4.79 Å². The Morgan fingerprint density at radius 2 is 2.15 bits per heavy atom. The summed E-state index contributed by atoms with van der Waals surface area (Å²) in [5.74, 6) is -0.252. The lowest BCUT2D eigenvalue weighted by Gasteiger charge is -2.01. The summed E-state index contributed by atoms with van der Waals surface area (Å²) in [6.45, 7) is 6.30. The van der Waals surface area contributed by atoms with Crippen molar-refractivity contribution in [2.24, 2.45) is 0 Å². The first-order chi connectivity index (χ1) is 6.22. The molecule has 0 rings (SSSR count). The number of hydrogen-bond donors (Lipinski definition) is 0. The van der Waals surface area contributed by atoms with Crippen molar-refractivity contribution < 1.29 is 9.53 Å². The minimum Gasteiger partial charge on any atom is -0.462 e. The number of carbonyl (C=O) groups excluding carboxylic acids is 1. The maximum absolute atomic E-state index is 11.2. The van der Waals surface area contributed by atoms with Gasteiger partial charge in [0.15, 0.2) is 0 Å². The number of carbonyl (C=O) groups is 1. The van der Waals surface area contributed by atoms with Crippen LogP contribution in [0.2, 0.25) is 0 Å². The Bertz CT molecular complexity index is 210. The highest BCUT2D eigenvalue weighted by molar-refractivity contribution is 5.87. The van der Waals surface area contributed by atoms with Crippen molar-refractivity contribution in [2.75, 3.05) is 6.61 Å². The lowest BCUT2D eigenvalue weighted by molar-refractivity contribution is -0.139. The van der Waals surface area contributed by atoms with Gasteiger partial charge in [-0.1, -0.05) is 20.3 Å². The van der Waals surface area contributed by atoms with E-state index in [4.69, 9.17) is 4.74 Å². The number of ether oxygens (including phenoxy) is 1. The van der Waals surface area contributed by atoms with Gasteiger partial charge in [-0.15, -0.1) is 5.73 Å². The standard InChI is InChI=1S/C11H18O2/c1-4-6-8-10(3)11(12)13-9-7-5-2/h6H,4-5,7,9H2,1-3H3. The lowest BCUT2D eigenvalue weighted by Crippen LogP contribution is -2.06. The fourth-order valence-corrected chi connectivity index (χ4v) is 0.732. The molecule has 0 unspecified atom stereocenters. The van der Waals surface area contributed by atoms with Gasteiger partial charge >= 0.3 is 5.97 Å². The van der Waals surface area contributed by atoms with Crippen LogP contribution < -0.4 is 0 Å². The number of hydrogen-bond acceptors (Lipinski definition) is 2. The summed E-state index contributed by atoms with van der Waals surface area (Å²) in [7, 11) is 0. The van der Waals surface area contributed by atoms with Gasteiger partial charge in [0, 0.05) is 0 Å². The molecule has 0 radical (unpaired) electrons. The van der Waals surface area contributed by atoms with Crippen LogP contribution in [-0.2, 0) is 9.53 Å². The molecule has 0 atom stereocenters. The summed E-state index contributed by atoms with van der Waals surface area (Å²) in [6, 6.07) is 0. The monoisotopic (exact) mass is 182 g/mol. The van der Waals surface area contributed by atoms with Gasteiger partial charge in [-0.2, -0.15) is 0 Å². The molecule has 0 fully saturated rings. The molecule has 0 saturated carbocycles. The van der Waals surface area contributed by atoms with Gasteiger partial charge in [0.05, 0.1) is 12.2 Å². The zero-order chi connectivity index (χ0) is 10.1. The summed E-state index contributed by atoms with van der Waals surface area (Å²) < 4.78 is 4.98. The average Bonchev–Trinajstić information content (AvgIpc) is 2.14. The highest BCUT2D eigenvalue weighted by Crippen LogP contribution is 1.97. The molecule has 13 heavy (non-hydrogen) atoms. The van der Waals surface area contributed by atoms with Crippen LogP contribution >= 0.6 is 0 Å². The highest BCUT2D eigenvalue weighted by Gasteiger charge is 2.02. The first-order valence-electron chi connectivity index (χ1n) is 4.81. The Morgan fingerprint density at radius 3 is 2.69 bits per heavy atom. The third-order valence-corrected chi connectivity index (χ3v) is 1.56. The van der Waals surface area contributed by atoms with E-state index in [1.165, 1.54) is 0 Å². The van der Waals surface area contributed by atoms with Gasteiger partial charge in [-0.05, 0) is 25.8 Å². The molecule has 74 valence electrons. The van der Waals surface area contributed by atoms with Crippen molar-refractivity contribution >= 4 is 5.97 Å². The molecule has 0 aromatic rings. The summed E-state index contributed by atoms with van der Waals surface area (Å²) in [5.41, 5.74) is 3.43. The van der Waals surface area contributed by atoms with Crippen LogP contribution in [0, 0.1) is 0 Å². The van der Waals surface area contributed by atoms with E-state index in [9.17, 15) is 4.79 Å². The van der Waals surface area contributed by atoms with Crippen LogP contribution in [0.4, 0.5) is 0 Å². The van der Waals surface area contributed by atoms with Gasteiger partial charge in [-0.3, -0.25) is 0 Å². The zero-order valence-corrected chi connectivity index (χ0v) is 8.72. The largest absolute Gasteiger partial charge is 0.462 e.